The molecule has 16 heavy (non-hydrogen) atoms. The number of hydrogen-bond acceptors (Lipinski definition) is 6. The van der Waals surface area contributed by atoms with Crippen LogP contribution in [0.15, 0.2) is 0 Å². The summed E-state index contributed by atoms with van der Waals surface area (Å²) in [4.78, 5) is 47.0. The van der Waals surface area contributed by atoms with Crippen LogP contribution in [0.25, 0.3) is 0 Å². The summed E-state index contributed by atoms with van der Waals surface area (Å²) < 4.78 is 30.8. The molecule has 0 bridgehead atoms. The van der Waals surface area contributed by atoms with E-state index in [-0.39, 0.29) is 88.7 Å². The van der Waals surface area contributed by atoms with Gasteiger partial charge in [0.25, 0.3) is 0 Å². The number of rotatable bonds is 4. The summed E-state index contributed by atoms with van der Waals surface area (Å²) in [6.45, 7) is 0. The van der Waals surface area contributed by atoms with E-state index >= 15 is 0 Å². The molecule has 0 amide bonds. The molecule has 0 aliphatic carbocycles. The molecule has 8 nitrogen and oxygen atoms in total. The zero-order valence-corrected chi connectivity index (χ0v) is 17.8. The van der Waals surface area contributed by atoms with Crippen LogP contribution in [0.2, 0.25) is 0 Å². The Kier molecular flexibility index (Phi) is 17.8. The van der Waals surface area contributed by atoms with Crippen LogP contribution in [-0.4, -0.2) is 21.6 Å². The van der Waals surface area contributed by atoms with E-state index in [2.05, 4.69) is 0 Å². The van der Waals surface area contributed by atoms with E-state index in [0.717, 1.165) is 0 Å². The van der Waals surface area contributed by atoms with Gasteiger partial charge in [-0.25, -0.2) is 0 Å². The second-order valence-electron chi connectivity index (χ2n) is 2.37. The van der Waals surface area contributed by atoms with Crippen molar-refractivity contribution in [1.29, 1.82) is 0 Å². The molecule has 2 unspecified atom stereocenters. The van der Waals surface area contributed by atoms with Gasteiger partial charge in [0.15, 0.2) is 0 Å². The largest absolute Gasteiger partial charge is 1.00 e. The van der Waals surface area contributed by atoms with Crippen LogP contribution in [0.4, 0.5) is 0 Å². The molecule has 2 atom stereocenters. The first-order valence-electron chi connectivity index (χ1n) is 2.76. The Labute approximate surface area is 159 Å². The van der Waals surface area contributed by atoms with E-state index in [1.807, 2.05) is 0 Å². The molecule has 80 valence electrons. The van der Waals surface area contributed by atoms with Gasteiger partial charge in [0.05, 0.1) is 11.8 Å². The van der Waals surface area contributed by atoms with E-state index in [4.69, 9.17) is 9.79 Å². The summed E-state index contributed by atoms with van der Waals surface area (Å²) in [5, 5.41) is 0. The van der Waals surface area contributed by atoms with Gasteiger partial charge in [-0.1, -0.05) is 0 Å². The third kappa shape index (κ3) is 19.8. The van der Waals surface area contributed by atoms with Crippen LogP contribution < -0.4 is 103 Å². The van der Waals surface area contributed by atoms with Crippen molar-refractivity contribution >= 4 is 22.6 Å². The molecule has 0 aromatic rings. The van der Waals surface area contributed by atoms with Crippen LogP contribution >= 0.6 is 22.6 Å². The summed E-state index contributed by atoms with van der Waals surface area (Å²) in [7, 11) is -15.0. The smallest absolute Gasteiger partial charge is 0.799 e. The van der Waals surface area contributed by atoms with Gasteiger partial charge < -0.3 is 38.2 Å². The van der Waals surface area contributed by atoms with Crippen molar-refractivity contribution in [2.24, 2.45) is 0 Å². The first-order valence-corrected chi connectivity index (χ1v) is 8.28. The topological polar surface area (TPSA) is 161 Å². The predicted molar refractivity (Wildman–Crippen MR) is 37.0 cm³/mol. The monoisotopic (exact) mass is 320 g/mol. The molecule has 2 N–H and O–H groups in total. The normalized spacial score (nSPS) is 20.8. The molecule has 14 heteroatoms. The van der Waals surface area contributed by atoms with E-state index in [1.165, 1.54) is 0 Å². The summed E-state index contributed by atoms with van der Waals surface area (Å²) in [5.74, 6) is -3.35. The maximum atomic E-state index is 10.6. The van der Waals surface area contributed by atoms with Gasteiger partial charge in [-0.15, -0.1) is 0 Å². The maximum Gasteiger partial charge on any atom is 1.00 e. The number of hydrogen-bond donors (Lipinski definition) is 2. The minimum absolute atomic E-state index is 0. The minimum Gasteiger partial charge on any atom is -0.799 e. The summed E-state index contributed by atoms with van der Waals surface area (Å²) in [6, 6.07) is 0. The zero-order valence-electron chi connectivity index (χ0n) is 9.10. The Balaban J connectivity index is -0.000000240. The van der Waals surface area contributed by atoms with Crippen LogP contribution in [0.3, 0.4) is 0 Å². The molecule has 0 aromatic heterocycles. The predicted octanol–water partition coefficient (Wildman–Crippen LogP) is -11.4. The third-order valence-electron chi connectivity index (χ3n) is 0.788. The minimum atomic E-state index is -5.07. The molecule has 0 spiro atoms. The van der Waals surface area contributed by atoms with Crippen LogP contribution in [0.5, 0.6) is 0 Å². The van der Waals surface area contributed by atoms with Crippen molar-refractivity contribution in [3.05, 3.63) is 0 Å². The van der Waals surface area contributed by atoms with Crippen LogP contribution in [-0.2, 0) is 13.7 Å². The van der Waals surface area contributed by atoms with Gasteiger partial charge >= 0.3 is 88.7 Å². The molecule has 0 rings (SSSR count). The van der Waals surface area contributed by atoms with Crippen molar-refractivity contribution in [3.8, 4) is 0 Å². The molecule has 0 saturated carbocycles. The molecule has 0 saturated heterocycles. The quantitative estimate of drug-likeness (QED) is 0.381. The Hall–Kier alpha value is 3.49. The van der Waals surface area contributed by atoms with Crippen LogP contribution in [0.1, 0.15) is 0 Å². The van der Waals surface area contributed by atoms with Gasteiger partial charge in [0.2, 0.25) is 0 Å². The standard InChI is InChI=1S/C2H9O8P3.3Na/c3-11(4,1-12(5,6)7)2-13(8,9)10;;;/h1-2H2,(H,3,4)(H2,5,6,7)(H2,8,9,10);;;/q;3*+1/p-3. The van der Waals surface area contributed by atoms with Crippen molar-refractivity contribution in [2.75, 3.05) is 11.8 Å². The average molecular weight is 320 g/mol. The first kappa shape index (κ1) is 27.8. The third-order valence-corrected chi connectivity index (χ3v) is 7.10. The zero-order chi connectivity index (χ0) is 10.9. The Bertz CT molecular complexity index is 290. The molecule has 0 radical (unpaired) electrons. The van der Waals surface area contributed by atoms with E-state index < -0.39 is 34.4 Å². The van der Waals surface area contributed by atoms with Gasteiger partial charge in [0.1, 0.15) is 15.2 Å². The van der Waals surface area contributed by atoms with E-state index in [9.17, 15) is 28.4 Å². The second kappa shape index (κ2) is 10.3. The summed E-state index contributed by atoms with van der Waals surface area (Å²) in [6.07, 6.45) is 0. The Morgan fingerprint density at radius 3 is 1.06 bits per heavy atom. The fourth-order valence-corrected chi connectivity index (χ4v) is 6.11. The van der Waals surface area contributed by atoms with E-state index in [1.54, 1.807) is 0 Å². The molecule has 0 aromatic carbocycles. The fourth-order valence-electron chi connectivity index (χ4n) is 0.589. The van der Waals surface area contributed by atoms with Crippen molar-refractivity contribution in [2.45, 2.75) is 0 Å². The Morgan fingerprint density at radius 1 is 0.750 bits per heavy atom. The molecule has 0 aliphatic rings. The molecule has 0 aliphatic heterocycles. The van der Waals surface area contributed by atoms with Gasteiger partial charge in [-0.05, 0) is 0 Å². The van der Waals surface area contributed by atoms with Crippen LogP contribution in [0, 0.1) is 0 Å². The van der Waals surface area contributed by atoms with E-state index in [0.29, 0.717) is 0 Å². The summed E-state index contributed by atoms with van der Waals surface area (Å²) in [5.41, 5.74) is 0. The molecular formula is C2H6Na3O8P3. The fraction of sp³-hybridized carbons (Fsp3) is 1.00. The van der Waals surface area contributed by atoms with Gasteiger partial charge in [-0.2, -0.15) is 0 Å². The molecular weight excluding hydrogens is 314 g/mol. The molecule has 0 fully saturated rings. The molecule has 0 heterocycles. The SMILES string of the molecule is O=P([O-])(O)CP(=O)([O-])CP(=O)([O-])O.[Na+].[Na+].[Na+]. The van der Waals surface area contributed by atoms with Crippen molar-refractivity contribution < 1.29 is 127 Å². The average Bonchev–Trinajstić information content (AvgIpc) is 1.43. The van der Waals surface area contributed by atoms with Crippen molar-refractivity contribution in [1.82, 2.24) is 0 Å². The van der Waals surface area contributed by atoms with Gasteiger partial charge in [0, 0.05) is 7.37 Å². The van der Waals surface area contributed by atoms with Gasteiger partial charge in [-0.3, -0.25) is 0 Å². The maximum absolute atomic E-state index is 10.6. The van der Waals surface area contributed by atoms with Crippen molar-refractivity contribution in [3.63, 3.8) is 0 Å². The Morgan fingerprint density at radius 2 is 0.938 bits per heavy atom. The second-order valence-corrected chi connectivity index (χ2v) is 8.81. The summed E-state index contributed by atoms with van der Waals surface area (Å²) >= 11 is 0. The first-order chi connectivity index (χ1) is 5.41.